The molecule has 5 heteroatoms. The van der Waals surface area contributed by atoms with Crippen LogP contribution in [0.2, 0.25) is 0 Å². The highest BCUT2D eigenvalue weighted by Gasteiger charge is 2.08. The molecule has 2 rings (SSSR count). The molecule has 4 nitrogen and oxygen atoms in total. The molecule has 0 aliphatic carbocycles. The lowest BCUT2D eigenvalue weighted by atomic mass is 10.2. The third kappa shape index (κ3) is 5.25. The molecular weight excluding hydrogens is 322 g/mol. The zero-order chi connectivity index (χ0) is 14.2. The van der Waals surface area contributed by atoms with E-state index in [1.54, 1.807) is 0 Å². The van der Waals surface area contributed by atoms with E-state index in [2.05, 4.69) is 27.3 Å². The van der Waals surface area contributed by atoms with Crippen LogP contribution < -0.4 is 10.1 Å². The third-order valence-electron chi connectivity index (χ3n) is 2.98. The van der Waals surface area contributed by atoms with Gasteiger partial charge < -0.3 is 19.9 Å². The van der Waals surface area contributed by atoms with Crippen LogP contribution in [0.15, 0.2) is 40.4 Å². The molecule has 0 bridgehead atoms. The van der Waals surface area contributed by atoms with Gasteiger partial charge in [0.05, 0.1) is 17.7 Å². The van der Waals surface area contributed by atoms with Crippen molar-refractivity contribution in [1.29, 1.82) is 0 Å². The van der Waals surface area contributed by atoms with E-state index in [1.165, 1.54) is 5.57 Å². The predicted molar refractivity (Wildman–Crippen MR) is 82.0 cm³/mol. The van der Waals surface area contributed by atoms with Crippen molar-refractivity contribution in [2.75, 3.05) is 32.9 Å². The fourth-order valence-corrected chi connectivity index (χ4v) is 2.34. The molecule has 1 aliphatic rings. The third-order valence-corrected chi connectivity index (χ3v) is 3.64. The minimum absolute atomic E-state index is 0.269. The van der Waals surface area contributed by atoms with Gasteiger partial charge in [-0.25, -0.2) is 0 Å². The smallest absolute Gasteiger partial charge is 0.133 e. The van der Waals surface area contributed by atoms with Crippen LogP contribution >= 0.6 is 15.9 Å². The monoisotopic (exact) mass is 341 g/mol. The number of hydrogen-bond acceptors (Lipinski definition) is 4. The summed E-state index contributed by atoms with van der Waals surface area (Å²) in [6.07, 6.45) is 2.64. The number of aliphatic hydroxyl groups excluding tert-OH is 1. The molecule has 2 N–H and O–H groups in total. The second kappa shape index (κ2) is 8.42. The molecule has 0 aromatic heterocycles. The molecule has 1 aliphatic heterocycles. The number of halogens is 1. The summed E-state index contributed by atoms with van der Waals surface area (Å²) in [4.78, 5) is 0. The van der Waals surface area contributed by atoms with Gasteiger partial charge in [-0.05, 0) is 40.1 Å². The Hall–Kier alpha value is -0.880. The summed E-state index contributed by atoms with van der Waals surface area (Å²) < 4.78 is 11.8. The summed E-state index contributed by atoms with van der Waals surface area (Å²) in [6, 6.07) is 7.61. The van der Waals surface area contributed by atoms with Gasteiger partial charge in [-0.2, -0.15) is 0 Å². The molecule has 20 heavy (non-hydrogen) atoms. The minimum Gasteiger partial charge on any atom is -0.490 e. The quantitative estimate of drug-likeness (QED) is 0.746. The molecule has 1 atom stereocenters. The van der Waals surface area contributed by atoms with Crippen LogP contribution in [0.4, 0.5) is 0 Å². The Morgan fingerprint density at radius 3 is 3.00 bits per heavy atom. The van der Waals surface area contributed by atoms with E-state index in [9.17, 15) is 5.11 Å². The van der Waals surface area contributed by atoms with E-state index >= 15 is 0 Å². The van der Waals surface area contributed by atoms with Crippen molar-refractivity contribution in [2.24, 2.45) is 0 Å². The lowest BCUT2D eigenvalue weighted by Gasteiger charge is -2.17. The molecule has 0 radical (unpaired) electrons. The van der Waals surface area contributed by atoms with E-state index in [4.69, 9.17) is 9.47 Å². The van der Waals surface area contributed by atoms with Crippen LogP contribution in [0.25, 0.3) is 0 Å². The molecule has 1 heterocycles. The molecule has 0 saturated heterocycles. The second-order valence-electron chi connectivity index (χ2n) is 4.73. The first-order valence-electron chi connectivity index (χ1n) is 6.77. The Kier molecular flexibility index (Phi) is 6.53. The fraction of sp³-hybridized carbons (Fsp3) is 0.467. The molecule has 0 fully saturated rings. The van der Waals surface area contributed by atoms with E-state index in [-0.39, 0.29) is 6.61 Å². The zero-order valence-electron chi connectivity index (χ0n) is 11.3. The number of nitrogens with one attached hydrogen (secondary N) is 1. The maximum Gasteiger partial charge on any atom is 0.133 e. The SMILES string of the molecule is OC(CNCC1=CCCOC1)COc1ccccc1Br. The van der Waals surface area contributed by atoms with Gasteiger partial charge in [0.25, 0.3) is 0 Å². The van der Waals surface area contributed by atoms with Crippen molar-refractivity contribution in [3.63, 3.8) is 0 Å². The number of para-hydroxylation sites is 1. The summed E-state index contributed by atoms with van der Waals surface area (Å²) in [5, 5.41) is 13.1. The van der Waals surface area contributed by atoms with Crippen LogP contribution in [0.1, 0.15) is 6.42 Å². The number of benzene rings is 1. The molecule has 0 spiro atoms. The Bertz CT molecular complexity index is 450. The summed E-state index contributed by atoms with van der Waals surface area (Å²) >= 11 is 3.41. The highest BCUT2D eigenvalue weighted by molar-refractivity contribution is 9.10. The van der Waals surface area contributed by atoms with Gasteiger partial charge in [0.1, 0.15) is 18.5 Å². The van der Waals surface area contributed by atoms with Gasteiger partial charge in [-0.1, -0.05) is 18.2 Å². The highest BCUT2D eigenvalue weighted by atomic mass is 79.9. The normalized spacial score (nSPS) is 16.6. The maximum atomic E-state index is 9.88. The fourth-order valence-electron chi connectivity index (χ4n) is 1.94. The molecule has 110 valence electrons. The summed E-state index contributed by atoms with van der Waals surface area (Å²) in [5.74, 6) is 0.745. The van der Waals surface area contributed by atoms with Crippen molar-refractivity contribution in [1.82, 2.24) is 5.32 Å². The first-order valence-corrected chi connectivity index (χ1v) is 7.57. The van der Waals surface area contributed by atoms with E-state index < -0.39 is 6.10 Å². The van der Waals surface area contributed by atoms with Crippen LogP contribution in [0.3, 0.4) is 0 Å². The first kappa shape index (κ1) is 15.5. The maximum absolute atomic E-state index is 9.88. The molecular formula is C15H20BrNO3. The Labute approximate surface area is 127 Å². The van der Waals surface area contributed by atoms with Crippen LogP contribution in [-0.2, 0) is 4.74 Å². The van der Waals surface area contributed by atoms with Crippen molar-refractivity contribution in [2.45, 2.75) is 12.5 Å². The molecule has 1 aromatic carbocycles. The van der Waals surface area contributed by atoms with Gasteiger partial charge in [-0.3, -0.25) is 0 Å². The topological polar surface area (TPSA) is 50.7 Å². The molecule has 1 unspecified atom stereocenters. The van der Waals surface area contributed by atoms with Crippen molar-refractivity contribution in [3.8, 4) is 5.75 Å². The van der Waals surface area contributed by atoms with E-state index in [1.807, 2.05) is 24.3 Å². The van der Waals surface area contributed by atoms with Gasteiger partial charge in [0, 0.05) is 13.1 Å². The number of aliphatic hydroxyl groups is 1. The summed E-state index contributed by atoms with van der Waals surface area (Å²) in [7, 11) is 0. The highest BCUT2D eigenvalue weighted by Crippen LogP contribution is 2.23. The first-order chi connectivity index (χ1) is 9.75. The molecule has 0 saturated carbocycles. The molecule has 1 aromatic rings. The van der Waals surface area contributed by atoms with Gasteiger partial charge in [0.15, 0.2) is 0 Å². The minimum atomic E-state index is -0.535. The Morgan fingerprint density at radius 2 is 2.25 bits per heavy atom. The van der Waals surface area contributed by atoms with Gasteiger partial charge in [0.2, 0.25) is 0 Å². The second-order valence-corrected chi connectivity index (χ2v) is 5.58. The lowest BCUT2D eigenvalue weighted by molar-refractivity contribution is 0.105. The standard InChI is InChI=1S/C15H20BrNO3/c16-14-5-1-2-6-15(14)20-11-13(18)9-17-8-12-4-3-7-19-10-12/h1-2,4-6,13,17-18H,3,7-11H2. The molecule has 0 amide bonds. The summed E-state index contributed by atoms with van der Waals surface area (Å²) in [6.45, 7) is 3.03. The van der Waals surface area contributed by atoms with Gasteiger partial charge in [-0.15, -0.1) is 0 Å². The summed E-state index contributed by atoms with van der Waals surface area (Å²) in [5.41, 5.74) is 1.25. The van der Waals surface area contributed by atoms with Crippen molar-refractivity contribution in [3.05, 3.63) is 40.4 Å². The van der Waals surface area contributed by atoms with Crippen molar-refractivity contribution >= 4 is 15.9 Å². The average Bonchev–Trinajstić information content (AvgIpc) is 2.47. The van der Waals surface area contributed by atoms with Gasteiger partial charge >= 0.3 is 0 Å². The lowest BCUT2D eigenvalue weighted by Crippen LogP contribution is -2.33. The number of hydrogen-bond donors (Lipinski definition) is 2. The number of rotatable bonds is 7. The average molecular weight is 342 g/mol. The Balaban J connectivity index is 1.64. The van der Waals surface area contributed by atoms with Crippen LogP contribution in [0.5, 0.6) is 5.75 Å². The number of ether oxygens (including phenoxy) is 2. The van der Waals surface area contributed by atoms with Crippen molar-refractivity contribution < 1.29 is 14.6 Å². The Morgan fingerprint density at radius 1 is 1.40 bits per heavy atom. The van der Waals surface area contributed by atoms with Crippen LogP contribution in [0, 0.1) is 0 Å². The van der Waals surface area contributed by atoms with Crippen LogP contribution in [-0.4, -0.2) is 44.1 Å². The predicted octanol–water partition coefficient (Wildman–Crippen LogP) is 2.13. The van der Waals surface area contributed by atoms with E-state index in [0.29, 0.717) is 13.2 Å². The largest absolute Gasteiger partial charge is 0.490 e. The zero-order valence-corrected chi connectivity index (χ0v) is 12.9. The van der Waals surface area contributed by atoms with E-state index in [0.717, 1.165) is 29.8 Å².